The number of aliphatic hydroxyl groups is 2. The predicted octanol–water partition coefficient (Wildman–Crippen LogP) is 0.467. The lowest BCUT2D eigenvalue weighted by Crippen LogP contribution is -2.36. The maximum Gasteiger partial charge on any atom is 0.221 e. The molecule has 0 aliphatic carbocycles. The third kappa shape index (κ3) is 3.15. The first-order chi connectivity index (χ1) is 13.5. The molecule has 0 bridgehead atoms. The normalized spacial score (nSPS) is 24.5. The number of rotatable bonds is 6. The van der Waals surface area contributed by atoms with E-state index in [2.05, 4.69) is 15.0 Å². The second-order valence-electron chi connectivity index (χ2n) is 6.60. The summed E-state index contributed by atoms with van der Waals surface area (Å²) < 4.78 is 7.74. The molecule has 0 radical (unpaired) electrons. The van der Waals surface area contributed by atoms with E-state index < -0.39 is 23.0 Å². The summed E-state index contributed by atoms with van der Waals surface area (Å²) in [5, 5.41) is 30.1. The molecule has 2 aromatic heterocycles. The molecule has 1 aliphatic heterocycles. The van der Waals surface area contributed by atoms with Gasteiger partial charge in [-0.2, -0.15) is 0 Å². The zero-order valence-corrected chi connectivity index (χ0v) is 14.7. The Morgan fingerprint density at radius 2 is 2.11 bits per heavy atom. The minimum absolute atomic E-state index is 0.0409. The van der Waals surface area contributed by atoms with E-state index in [-0.39, 0.29) is 24.4 Å². The molecule has 1 aromatic carbocycles. The standard InChI is InChI=1S/C17H18N6O5/c24-8-13-12(25)7-17(28-13,6-11-4-2-1-3-5-11)22-10-20-14-15(21-23(26)27)18-9-19-16(14)22/h1-5,9-10,12-13,24-25H,6-8H2,(H,18,19,21)/t12-,13+,17+/m0/s1. The van der Waals surface area contributed by atoms with E-state index in [1.807, 2.05) is 35.8 Å². The molecule has 0 spiro atoms. The first-order valence-corrected chi connectivity index (χ1v) is 8.63. The van der Waals surface area contributed by atoms with E-state index in [1.54, 1.807) is 4.57 Å². The summed E-state index contributed by atoms with van der Waals surface area (Å²) in [7, 11) is 0. The number of hydrogen-bond acceptors (Lipinski definition) is 8. The van der Waals surface area contributed by atoms with Crippen LogP contribution in [0.5, 0.6) is 0 Å². The summed E-state index contributed by atoms with van der Waals surface area (Å²) in [5.74, 6) is -0.0409. The highest BCUT2D eigenvalue weighted by molar-refractivity contribution is 5.82. The fourth-order valence-electron chi connectivity index (χ4n) is 3.60. The molecule has 1 saturated heterocycles. The second-order valence-corrected chi connectivity index (χ2v) is 6.60. The van der Waals surface area contributed by atoms with Crippen molar-refractivity contribution in [2.24, 2.45) is 0 Å². The second kappa shape index (κ2) is 7.11. The van der Waals surface area contributed by atoms with Crippen LogP contribution in [0.4, 0.5) is 5.82 Å². The molecular formula is C17H18N6O5. The summed E-state index contributed by atoms with van der Waals surface area (Å²) in [6.07, 6.45) is 1.58. The number of nitro groups is 1. The average molecular weight is 386 g/mol. The monoisotopic (exact) mass is 386 g/mol. The number of hydrazine groups is 1. The Morgan fingerprint density at radius 1 is 1.32 bits per heavy atom. The number of aromatic nitrogens is 4. The first kappa shape index (κ1) is 18.2. The van der Waals surface area contributed by atoms with E-state index in [1.165, 1.54) is 12.7 Å². The van der Waals surface area contributed by atoms with Gasteiger partial charge in [0.2, 0.25) is 5.82 Å². The highest BCUT2D eigenvalue weighted by Gasteiger charge is 2.48. The zero-order valence-electron chi connectivity index (χ0n) is 14.7. The van der Waals surface area contributed by atoms with Crippen molar-refractivity contribution < 1.29 is 20.0 Å². The number of fused-ring (bicyclic) bond motifs is 1. The number of nitrogens with zero attached hydrogens (tertiary/aromatic N) is 5. The molecular weight excluding hydrogens is 368 g/mol. The molecule has 3 heterocycles. The van der Waals surface area contributed by atoms with Crippen LogP contribution in [-0.4, -0.2) is 53.6 Å². The summed E-state index contributed by atoms with van der Waals surface area (Å²) in [6, 6.07) is 9.54. The average Bonchev–Trinajstić information content (AvgIpc) is 3.24. The van der Waals surface area contributed by atoms with E-state index in [4.69, 9.17) is 4.74 Å². The summed E-state index contributed by atoms with van der Waals surface area (Å²) >= 11 is 0. The fraction of sp³-hybridized carbons (Fsp3) is 0.353. The molecule has 28 heavy (non-hydrogen) atoms. The maximum absolute atomic E-state index is 10.8. The summed E-state index contributed by atoms with van der Waals surface area (Å²) in [6.45, 7) is -0.340. The highest BCUT2D eigenvalue weighted by atomic mass is 16.7. The molecule has 0 saturated carbocycles. The van der Waals surface area contributed by atoms with Crippen molar-refractivity contribution in [2.45, 2.75) is 30.8 Å². The number of aliphatic hydroxyl groups excluding tert-OH is 2. The minimum Gasteiger partial charge on any atom is -0.394 e. The van der Waals surface area contributed by atoms with Crippen molar-refractivity contribution in [1.29, 1.82) is 0 Å². The number of hydrogen-bond donors (Lipinski definition) is 3. The lowest BCUT2D eigenvalue weighted by molar-refractivity contribution is -0.445. The lowest BCUT2D eigenvalue weighted by Gasteiger charge is -2.31. The summed E-state index contributed by atoms with van der Waals surface area (Å²) in [4.78, 5) is 23.1. The Bertz CT molecular complexity index is 996. The number of anilines is 1. The van der Waals surface area contributed by atoms with Crippen molar-refractivity contribution >= 4 is 17.0 Å². The topological polar surface area (TPSA) is 148 Å². The van der Waals surface area contributed by atoms with Gasteiger partial charge in [-0.25, -0.2) is 25.1 Å². The number of imidazole rings is 1. The summed E-state index contributed by atoms with van der Waals surface area (Å²) in [5.41, 5.74) is 2.42. The van der Waals surface area contributed by atoms with Gasteiger partial charge in [-0.05, 0) is 5.56 Å². The van der Waals surface area contributed by atoms with Crippen molar-refractivity contribution in [3.63, 3.8) is 0 Å². The van der Waals surface area contributed by atoms with Gasteiger partial charge in [0.05, 0.1) is 19.0 Å². The maximum atomic E-state index is 10.8. The Hall–Kier alpha value is -3.15. The molecule has 11 nitrogen and oxygen atoms in total. The minimum atomic E-state index is -1.07. The zero-order chi connectivity index (χ0) is 19.7. The van der Waals surface area contributed by atoms with Crippen molar-refractivity contribution in [3.05, 3.63) is 58.7 Å². The van der Waals surface area contributed by atoms with Gasteiger partial charge in [0.15, 0.2) is 21.9 Å². The van der Waals surface area contributed by atoms with Crippen molar-refractivity contribution in [2.75, 3.05) is 12.0 Å². The van der Waals surface area contributed by atoms with Gasteiger partial charge in [0, 0.05) is 12.8 Å². The van der Waals surface area contributed by atoms with Crippen LogP contribution >= 0.6 is 0 Å². The molecule has 146 valence electrons. The predicted molar refractivity (Wildman–Crippen MR) is 96.6 cm³/mol. The van der Waals surface area contributed by atoms with Crippen LogP contribution in [0.3, 0.4) is 0 Å². The Balaban J connectivity index is 1.82. The van der Waals surface area contributed by atoms with Gasteiger partial charge in [0.25, 0.3) is 0 Å². The third-order valence-corrected chi connectivity index (χ3v) is 4.80. The smallest absolute Gasteiger partial charge is 0.221 e. The third-order valence-electron chi connectivity index (χ3n) is 4.80. The van der Waals surface area contributed by atoms with Crippen LogP contribution < -0.4 is 5.43 Å². The van der Waals surface area contributed by atoms with Crippen LogP contribution in [0.1, 0.15) is 12.0 Å². The van der Waals surface area contributed by atoms with Gasteiger partial charge >= 0.3 is 0 Å². The van der Waals surface area contributed by atoms with Crippen LogP contribution in [-0.2, 0) is 16.9 Å². The first-order valence-electron chi connectivity index (χ1n) is 8.63. The Labute approximate surface area is 158 Å². The van der Waals surface area contributed by atoms with E-state index in [9.17, 15) is 20.3 Å². The van der Waals surface area contributed by atoms with Gasteiger partial charge in [0.1, 0.15) is 12.4 Å². The highest BCUT2D eigenvalue weighted by Crippen LogP contribution is 2.40. The van der Waals surface area contributed by atoms with E-state index in [0.717, 1.165) is 5.56 Å². The molecule has 0 unspecified atom stereocenters. The van der Waals surface area contributed by atoms with Gasteiger partial charge in [-0.1, -0.05) is 35.8 Å². The number of nitrogens with one attached hydrogen (secondary N) is 1. The van der Waals surface area contributed by atoms with E-state index >= 15 is 0 Å². The van der Waals surface area contributed by atoms with Gasteiger partial charge in [-0.3, -0.25) is 4.57 Å². The molecule has 3 aromatic rings. The number of ether oxygens (including phenoxy) is 1. The van der Waals surface area contributed by atoms with Crippen molar-refractivity contribution in [1.82, 2.24) is 19.5 Å². The van der Waals surface area contributed by atoms with Gasteiger partial charge in [-0.15, -0.1) is 0 Å². The molecule has 0 amide bonds. The number of benzene rings is 1. The molecule has 3 atom stereocenters. The molecule has 11 heteroatoms. The van der Waals surface area contributed by atoms with Crippen LogP contribution in [0.15, 0.2) is 43.0 Å². The molecule has 1 fully saturated rings. The largest absolute Gasteiger partial charge is 0.394 e. The molecule has 3 N–H and O–H groups in total. The fourth-order valence-corrected chi connectivity index (χ4v) is 3.60. The SMILES string of the molecule is O=[N+]([O-])Nc1ncnc2c1ncn2[C@@]1(Cc2ccccc2)C[C@H](O)[C@@H](CO)O1. The Morgan fingerprint density at radius 3 is 2.79 bits per heavy atom. The van der Waals surface area contributed by atoms with Gasteiger partial charge < -0.3 is 14.9 Å². The van der Waals surface area contributed by atoms with Crippen LogP contribution in [0.25, 0.3) is 11.2 Å². The van der Waals surface area contributed by atoms with Crippen LogP contribution in [0, 0.1) is 10.1 Å². The Kier molecular flexibility index (Phi) is 4.63. The molecule has 4 rings (SSSR count). The van der Waals surface area contributed by atoms with Crippen LogP contribution in [0.2, 0.25) is 0 Å². The van der Waals surface area contributed by atoms with E-state index in [0.29, 0.717) is 12.1 Å². The van der Waals surface area contributed by atoms with Crippen molar-refractivity contribution in [3.8, 4) is 0 Å². The lowest BCUT2D eigenvalue weighted by atomic mass is 9.97. The quantitative estimate of drug-likeness (QED) is 0.406. The molecule has 1 aliphatic rings.